The molecule has 1 aromatic heterocycles. The average Bonchev–Trinajstić information content (AvgIpc) is 2.83. The van der Waals surface area contributed by atoms with E-state index in [4.69, 9.17) is 10.5 Å². The lowest BCUT2D eigenvalue weighted by Gasteiger charge is -2.23. The minimum absolute atomic E-state index is 0.0842. The zero-order valence-electron chi connectivity index (χ0n) is 12.7. The van der Waals surface area contributed by atoms with Gasteiger partial charge in [-0.05, 0) is 41.7 Å². The van der Waals surface area contributed by atoms with E-state index in [2.05, 4.69) is 58.0 Å². The van der Waals surface area contributed by atoms with Gasteiger partial charge >= 0.3 is 0 Å². The van der Waals surface area contributed by atoms with E-state index >= 15 is 0 Å². The summed E-state index contributed by atoms with van der Waals surface area (Å²) in [5.74, 6) is 0.986. The molecule has 20 heavy (non-hydrogen) atoms. The van der Waals surface area contributed by atoms with Gasteiger partial charge in [-0.25, -0.2) is 0 Å². The normalized spacial score (nSPS) is 11.7. The standard InChI is InChI=1S/C17H23NOS/c1-12-5-8-15(17(2,3)4)16(9-12)19-11-14-7-6-13(10-18)20-14/h5-9H,10-11,18H2,1-4H3. The molecule has 0 saturated heterocycles. The Morgan fingerprint density at radius 2 is 1.80 bits per heavy atom. The number of hydrogen-bond donors (Lipinski definition) is 1. The predicted molar refractivity (Wildman–Crippen MR) is 86.4 cm³/mol. The summed E-state index contributed by atoms with van der Waals surface area (Å²) >= 11 is 1.72. The summed E-state index contributed by atoms with van der Waals surface area (Å²) in [6.07, 6.45) is 0. The number of aryl methyl sites for hydroxylation is 1. The maximum absolute atomic E-state index is 6.06. The number of rotatable bonds is 4. The Kier molecular flexibility index (Phi) is 4.51. The molecular weight excluding hydrogens is 266 g/mol. The molecule has 108 valence electrons. The van der Waals surface area contributed by atoms with Gasteiger partial charge in [0.1, 0.15) is 12.4 Å². The molecule has 2 aromatic rings. The summed E-state index contributed by atoms with van der Waals surface area (Å²) in [6.45, 7) is 9.93. The molecular formula is C17H23NOS. The van der Waals surface area contributed by atoms with Crippen molar-refractivity contribution in [3.63, 3.8) is 0 Å². The summed E-state index contributed by atoms with van der Waals surface area (Å²) < 4.78 is 6.06. The van der Waals surface area contributed by atoms with Crippen LogP contribution in [-0.2, 0) is 18.6 Å². The van der Waals surface area contributed by atoms with Crippen molar-refractivity contribution in [2.24, 2.45) is 5.73 Å². The Balaban J connectivity index is 2.18. The molecule has 2 nitrogen and oxygen atoms in total. The maximum Gasteiger partial charge on any atom is 0.123 e. The molecule has 0 aliphatic carbocycles. The summed E-state index contributed by atoms with van der Waals surface area (Å²) in [5.41, 5.74) is 8.20. The summed E-state index contributed by atoms with van der Waals surface area (Å²) in [5, 5.41) is 0. The molecule has 0 aliphatic heterocycles. The van der Waals surface area contributed by atoms with Crippen LogP contribution in [0.25, 0.3) is 0 Å². The Labute approximate surface area is 125 Å². The van der Waals surface area contributed by atoms with Crippen LogP contribution in [0.1, 0.15) is 41.7 Å². The second-order valence-corrected chi connectivity index (χ2v) is 7.36. The molecule has 2 rings (SSSR count). The third-order valence-electron chi connectivity index (χ3n) is 3.23. The molecule has 1 aromatic carbocycles. The van der Waals surface area contributed by atoms with Crippen molar-refractivity contribution < 1.29 is 4.74 Å². The number of benzene rings is 1. The highest BCUT2D eigenvalue weighted by atomic mass is 32.1. The van der Waals surface area contributed by atoms with Gasteiger partial charge in [-0.1, -0.05) is 32.9 Å². The van der Waals surface area contributed by atoms with E-state index in [0.717, 1.165) is 5.75 Å². The fourth-order valence-electron chi connectivity index (χ4n) is 2.13. The molecule has 0 atom stereocenters. The molecule has 1 heterocycles. The second kappa shape index (κ2) is 5.98. The van der Waals surface area contributed by atoms with Crippen LogP contribution in [-0.4, -0.2) is 0 Å². The first kappa shape index (κ1) is 15.1. The van der Waals surface area contributed by atoms with Crippen molar-refractivity contribution in [2.75, 3.05) is 0 Å². The molecule has 0 spiro atoms. The molecule has 0 amide bonds. The van der Waals surface area contributed by atoms with Crippen molar-refractivity contribution in [3.8, 4) is 5.75 Å². The van der Waals surface area contributed by atoms with E-state index in [-0.39, 0.29) is 5.41 Å². The molecule has 0 fully saturated rings. The van der Waals surface area contributed by atoms with Crippen molar-refractivity contribution >= 4 is 11.3 Å². The van der Waals surface area contributed by atoms with Gasteiger partial charge in [0.05, 0.1) is 0 Å². The van der Waals surface area contributed by atoms with E-state index in [9.17, 15) is 0 Å². The average molecular weight is 289 g/mol. The van der Waals surface area contributed by atoms with Gasteiger partial charge in [0.15, 0.2) is 0 Å². The Bertz CT molecular complexity index is 581. The van der Waals surface area contributed by atoms with E-state index in [1.165, 1.54) is 20.9 Å². The van der Waals surface area contributed by atoms with Gasteiger partial charge in [-0.2, -0.15) is 0 Å². The number of hydrogen-bond acceptors (Lipinski definition) is 3. The lowest BCUT2D eigenvalue weighted by molar-refractivity contribution is 0.301. The zero-order chi connectivity index (χ0) is 14.8. The monoisotopic (exact) mass is 289 g/mol. The van der Waals surface area contributed by atoms with Crippen molar-refractivity contribution in [3.05, 3.63) is 51.2 Å². The molecule has 0 aliphatic rings. The van der Waals surface area contributed by atoms with Crippen LogP contribution in [0.3, 0.4) is 0 Å². The SMILES string of the molecule is Cc1ccc(C(C)(C)C)c(OCc2ccc(CN)s2)c1. The highest BCUT2D eigenvalue weighted by Gasteiger charge is 2.19. The van der Waals surface area contributed by atoms with Crippen molar-refractivity contribution in [1.29, 1.82) is 0 Å². The molecule has 3 heteroatoms. The fourth-order valence-corrected chi connectivity index (χ4v) is 2.94. The van der Waals surface area contributed by atoms with Crippen LogP contribution in [0.15, 0.2) is 30.3 Å². The predicted octanol–water partition coefficient (Wildman–Crippen LogP) is 4.39. The first-order chi connectivity index (χ1) is 9.40. The maximum atomic E-state index is 6.06. The Morgan fingerprint density at radius 3 is 2.40 bits per heavy atom. The molecule has 0 unspecified atom stereocenters. The third kappa shape index (κ3) is 3.62. The number of ether oxygens (including phenoxy) is 1. The van der Waals surface area contributed by atoms with Gasteiger partial charge in [0.25, 0.3) is 0 Å². The highest BCUT2D eigenvalue weighted by molar-refractivity contribution is 7.11. The van der Waals surface area contributed by atoms with Crippen LogP contribution in [0.5, 0.6) is 5.75 Å². The van der Waals surface area contributed by atoms with Crippen molar-refractivity contribution in [1.82, 2.24) is 0 Å². The van der Waals surface area contributed by atoms with E-state index in [1.807, 2.05) is 0 Å². The van der Waals surface area contributed by atoms with Crippen LogP contribution in [0, 0.1) is 6.92 Å². The zero-order valence-corrected chi connectivity index (χ0v) is 13.5. The van der Waals surface area contributed by atoms with Gasteiger partial charge in [-0.15, -0.1) is 11.3 Å². The van der Waals surface area contributed by atoms with Crippen LogP contribution < -0.4 is 10.5 Å². The van der Waals surface area contributed by atoms with E-state index in [0.29, 0.717) is 13.2 Å². The van der Waals surface area contributed by atoms with Gasteiger partial charge in [0.2, 0.25) is 0 Å². The van der Waals surface area contributed by atoms with Crippen molar-refractivity contribution in [2.45, 2.75) is 46.3 Å². The van der Waals surface area contributed by atoms with Crippen LogP contribution >= 0.6 is 11.3 Å². The summed E-state index contributed by atoms with van der Waals surface area (Å²) in [6, 6.07) is 10.6. The summed E-state index contributed by atoms with van der Waals surface area (Å²) in [7, 11) is 0. The quantitative estimate of drug-likeness (QED) is 0.906. The van der Waals surface area contributed by atoms with Crippen LogP contribution in [0.4, 0.5) is 0 Å². The molecule has 0 saturated carbocycles. The van der Waals surface area contributed by atoms with E-state index < -0.39 is 0 Å². The minimum Gasteiger partial charge on any atom is -0.488 e. The minimum atomic E-state index is 0.0842. The largest absolute Gasteiger partial charge is 0.488 e. The van der Waals surface area contributed by atoms with Gasteiger partial charge < -0.3 is 10.5 Å². The van der Waals surface area contributed by atoms with Gasteiger partial charge in [-0.3, -0.25) is 0 Å². The van der Waals surface area contributed by atoms with E-state index in [1.54, 1.807) is 11.3 Å². The Hall–Kier alpha value is -1.32. The summed E-state index contributed by atoms with van der Waals surface area (Å²) in [4.78, 5) is 2.41. The molecule has 0 bridgehead atoms. The fraction of sp³-hybridized carbons (Fsp3) is 0.412. The first-order valence-electron chi connectivity index (χ1n) is 6.92. The number of nitrogens with two attached hydrogens (primary N) is 1. The highest BCUT2D eigenvalue weighted by Crippen LogP contribution is 2.32. The first-order valence-corrected chi connectivity index (χ1v) is 7.73. The smallest absolute Gasteiger partial charge is 0.123 e. The van der Waals surface area contributed by atoms with Crippen LogP contribution in [0.2, 0.25) is 0 Å². The topological polar surface area (TPSA) is 35.2 Å². The lowest BCUT2D eigenvalue weighted by atomic mass is 9.86. The Morgan fingerprint density at radius 1 is 1.10 bits per heavy atom. The molecule has 0 radical (unpaired) electrons. The molecule has 2 N–H and O–H groups in total. The van der Waals surface area contributed by atoms with Gasteiger partial charge in [0, 0.05) is 16.3 Å². The second-order valence-electron chi connectivity index (χ2n) is 6.11. The lowest BCUT2D eigenvalue weighted by Crippen LogP contribution is -2.13. The number of thiophene rings is 1. The third-order valence-corrected chi connectivity index (χ3v) is 4.31.